The van der Waals surface area contributed by atoms with E-state index in [9.17, 15) is 13.5 Å². The number of ether oxygens (including phenoxy) is 1. The van der Waals surface area contributed by atoms with Crippen molar-refractivity contribution in [2.75, 3.05) is 13.2 Å². The van der Waals surface area contributed by atoms with E-state index >= 15 is 0 Å². The molecule has 2 aromatic carbocycles. The maximum absolute atomic E-state index is 13.3. The molecule has 4 rings (SSSR count). The van der Waals surface area contributed by atoms with Gasteiger partial charge in [0.05, 0.1) is 24.3 Å². The molecule has 1 N–H and O–H groups in total. The Morgan fingerprint density at radius 1 is 1.19 bits per heavy atom. The summed E-state index contributed by atoms with van der Waals surface area (Å²) in [6.07, 6.45) is 5.07. The van der Waals surface area contributed by atoms with E-state index in [1.165, 1.54) is 10.4 Å². The highest BCUT2D eigenvalue weighted by Crippen LogP contribution is 2.31. The van der Waals surface area contributed by atoms with Crippen LogP contribution in [0.25, 0.3) is 11.8 Å². The van der Waals surface area contributed by atoms with Crippen LogP contribution in [0.2, 0.25) is 0 Å². The largest absolute Gasteiger partial charge is 0.481 e. The number of nitrogens with zero attached hydrogens (tertiary/aromatic N) is 3. The van der Waals surface area contributed by atoms with E-state index in [-0.39, 0.29) is 30.9 Å². The number of rotatable bonds is 5. The summed E-state index contributed by atoms with van der Waals surface area (Å²) in [5.41, 5.74) is 5.01. The molecule has 3 aromatic rings. The average molecular weight is 454 g/mol. The van der Waals surface area contributed by atoms with E-state index in [1.807, 2.05) is 61.9 Å². The van der Waals surface area contributed by atoms with Crippen LogP contribution in [0.3, 0.4) is 0 Å². The third-order valence-electron chi connectivity index (χ3n) is 5.66. The minimum Gasteiger partial charge on any atom is -0.481 e. The van der Waals surface area contributed by atoms with Crippen molar-refractivity contribution in [3.05, 3.63) is 88.0 Å². The number of aliphatic hydroxyl groups is 1. The number of hydrogen-bond donors (Lipinski definition) is 1. The molecule has 0 bridgehead atoms. The number of hydrogen-bond acceptors (Lipinski definition) is 5. The highest BCUT2D eigenvalue weighted by atomic mass is 32.2. The van der Waals surface area contributed by atoms with Gasteiger partial charge in [-0.2, -0.15) is 4.31 Å². The van der Waals surface area contributed by atoms with Gasteiger partial charge in [0.2, 0.25) is 5.09 Å². The molecule has 7 nitrogen and oxygen atoms in total. The summed E-state index contributed by atoms with van der Waals surface area (Å²) < 4.78 is 35.5. The van der Waals surface area contributed by atoms with Gasteiger partial charge in [-0.25, -0.2) is 13.4 Å². The summed E-state index contributed by atoms with van der Waals surface area (Å²) in [5, 5.41) is 9.78. The topological polar surface area (TPSA) is 84.7 Å². The van der Waals surface area contributed by atoms with E-state index in [0.29, 0.717) is 11.1 Å². The van der Waals surface area contributed by atoms with Gasteiger partial charge in [-0.15, -0.1) is 0 Å². The molecule has 0 radical (unpaired) electrons. The Balaban J connectivity index is 1.65. The molecule has 1 fully saturated rings. The molecule has 1 atom stereocenters. The van der Waals surface area contributed by atoms with Crippen LogP contribution in [0.1, 0.15) is 40.9 Å². The molecule has 168 valence electrons. The maximum Gasteiger partial charge on any atom is 0.276 e. The van der Waals surface area contributed by atoms with Gasteiger partial charge in [0.1, 0.15) is 6.61 Å². The number of sulfonamides is 1. The molecule has 1 aliphatic heterocycles. The lowest BCUT2D eigenvalue weighted by Gasteiger charge is -2.33. The summed E-state index contributed by atoms with van der Waals surface area (Å²) in [4.78, 5) is 4.22. The number of aryl methyl sites for hydroxylation is 2. The molecule has 8 heteroatoms. The van der Waals surface area contributed by atoms with Crippen LogP contribution >= 0.6 is 0 Å². The molecule has 0 amide bonds. The lowest BCUT2D eigenvalue weighted by atomic mass is 10.1. The fourth-order valence-electron chi connectivity index (χ4n) is 3.84. The molecular formula is C24H27N3O4S. The van der Waals surface area contributed by atoms with Crippen molar-refractivity contribution in [3.8, 4) is 5.69 Å². The van der Waals surface area contributed by atoms with Crippen LogP contribution < -0.4 is 0 Å². The van der Waals surface area contributed by atoms with Gasteiger partial charge in [0.25, 0.3) is 10.0 Å². The lowest BCUT2D eigenvalue weighted by Crippen LogP contribution is -2.41. The van der Waals surface area contributed by atoms with Gasteiger partial charge in [-0.05, 0) is 44.0 Å². The Kier molecular flexibility index (Phi) is 6.19. The minimum absolute atomic E-state index is 0.0853. The summed E-state index contributed by atoms with van der Waals surface area (Å²) in [6.45, 7) is 6.16. The highest BCUT2D eigenvalue weighted by molar-refractivity contribution is 7.93. The smallest absolute Gasteiger partial charge is 0.276 e. The molecule has 1 aromatic heterocycles. The van der Waals surface area contributed by atoms with Gasteiger partial charge >= 0.3 is 0 Å². The Morgan fingerprint density at radius 2 is 1.94 bits per heavy atom. The first-order valence-corrected chi connectivity index (χ1v) is 11.9. The molecule has 0 spiro atoms. The molecule has 32 heavy (non-hydrogen) atoms. The second kappa shape index (κ2) is 8.90. The first-order valence-electron chi connectivity index (χ1n) is 10.5. The van der Waals surface area contributed by atoms with Crippen LogP contribution in [0.5, 0.6) is 0 Å². The third kappa shape index (κ3) is 4.34. The van der Waals surface area contributed by atoms with Gasteiger partial charge in [-0.1, -0.05) is 35.9 Å². The van der Waals surface area contributed by atoms with Crippen molar-refractivity contribution in [2.24, 2.45) is 0 Å². The van der Waals surface area contributed by atoms with Crippen molar-refractivity contribution < 1.29 is 18.3 Å². The van der Waals surface area contributed by atoms with Crippen molar-refractivity contribution >= 4 is 16.1 Å². The second-order valence-corrected chi connectivity index (χ2v) is 9.80. The predicted octanol–water partition coefficient (Wildman–Crippen LogP) is 3.70. The van der Waals surface area contributed by atoms with Gasteiger partial charge in [0.15, 0.2) is 0 Å². The minimum atomic E-state index is -3.80. The van der Waals surface area contributed by atoms with Crippen molar-refractivity contribution in [1.82, 2.24) is 13.9 Å². The first-order chi connectivity index (χ1) is 15.3. The molecule has 0 aliphatic carbocycles. The molecular weight excluding hydrogens is 426 g/mol. The van der Waals surface area contributed by atoms with E-state index in [1.54, 1.807) is 18.5 Å². The van der Waals surface area contributed by atoms with Gasteiger partial charge in [0, 0.05) is 30.4 Å². The average Bonchev–Trinajstić information content (AvgIpc) is 3.21. The SMILES string of the molecule is Cc1ccc(C(C)N2CCO/C(=C\c3ccc(-n4cnc(C)c4)c(CO)c3)S2(=O)=O)cc1. The number of benzene rings is 2. The molecule has 1 saturated heterocycles. The van der Waals surface area contributed by atoms with E-state index in [0.717, 1.165) is 22.5 Å². The number of aromatic nitrogens is 2. The van der Waals surface area contributed by atoms with Crippen LogP contribution in [-0.4, -0.2) is 40.5 Å². The Hall–Kier alpha value is -2.94. The third-order valence-corrected chi connectivity index (χ3v) is 7.52. The number of aliphatic hydroxyl groups excluding tert-OH is 1. The summed E-state index contributed by atoms with van der Waals surface area (Å²) >= 11 is 0. The van der Waals surface area contributed by atoms with Crippen LogP contribution in [0, 0.1) is 13.8 Å². The summed E-state index contributed by atoms with van der Waals surface area (Å²) in [6, 6.07) is 13.0. The summed E-state index contributed by atoms with van der Waals surface area (Å²) in [7, 11) is -3.80. The fraction of sp³-hybridized carbons (Fsp3) is 0.292. The van der Waals surface area contributed by atoms with Gasteiger partial charge in [-0.3, -0.25) is 0 Å². The van der Waals surface area contributed by atoms with Crippen LogP contribution in [-0.2, 0) is 21.4 Å². The van der Waals surface area contributed by atoms with Gasteiger partial charge < -0.3 is 14.4 Å². The van der Waals surface area contributed by atoms with E-state index < -0.39 is 10.0 Å². The van der Waals surface area contributed by atoms with Crippen molar-refractivity contribution in [2.45, 2.75) is 33.4 Å². The number of imidazole rings is 1. The van der Waals surface area contributed by atoms with Crippen LogP contribution in [0.4, 0.5) is 0 Å². The lowest BCUT2D eigenvalue weighted by molar-refractivity contribution is 0.168. The first kappa shape index (κ1) is 22.3. The molecule has 1 aliphatic rings. The fourth-order valence-corrected chi connectivity index (χ4v) is 5.44. The van der Waals surface area contributed by atoms with E-state index in [4.69, 9.17) is 4.74 Å². The van der Waals surface area contributed by atoms with Crippen LogP contribution in [0.15, 0.2) is 60.1 Å². The monoisotopic (exact) mass is 453 g/mol. The van der Waals surface area contributed by atoms with Crippen molar-refractivity contribution in [3.63, 3.8) is 0 Å². The quantitative estimate of drug-likeness (QED) is 0.637. The Bertz CT molecular complexity index is 1250. The zero-order valence-corrected chi connectivity index (χ0v) is 19.2. The Labute approximate surface area is 188 Å². The van der Waals surface area contributed by atoms with Crippen molar-refractivity contribution in [1.29, 1.82) is 0 Å². The molecule has 0 saturated carbocycles. The van der Waals surface area contributed by atoms with E-state index in [2.05, 4.69) is 4.98 Å². The normalized spacial score (nSPS) is 18.4. The molecule has 2 heterocycles. The Morgan fingerprint density at radius 3 is 2.59 bits per heavy atom. The zero-order chi connectivity index (χ0) is 22.9. The highest BCUT2D eigenvalue weighted by Gasteiger charge is 2.36. The second-order valence-electron chi connectivity index (χ2n) is 7.98. The zero-order valence-electron chi connectivity index (χ0n) is 18.4. The maximum atomic E-state index is 13.3. The molecule has 1 unspecified atom stereocenters. The summed E-state index contributed by atoms with van der Waals surface area (Å²) in [5.74, 6) is 0. The predicted molar refractivity (Wildman–Crippen MR) is 123 cm³/mol. The standard InChI is InChI=1S/C24H27N3O4S/c1-17-4-7-21(8-5-17)19(3)27-10-11-31-24(32(27,29)30)13-20-6-9-23(22(12-20)15-28)26-14-18(2)25-16-26/h4-9,12-14,16,19,28H,10-11,15H2,1-3H3/b24-13+.